The Morgan fingerprint density at radius 1 is 1.30 bits per heavy atom. The molecule has 3 aromatic rings. The third-order valence-corrected chi connectivity index (χ3v) is 3.78. The average Bonchev–Trinajstić information content (AvgIpc) is 2.99. The maximum absolute atomic E-state index is 8.91. The van der Waals surface area contributed by atoms with E-state index in [-0.39, 0.29) is 0 Å². The molecule has 0 bridgehead atoms. The van der Waals surface area contributed by atoms with Crippen molar-refractivity contribution >= 4 is 26.7 Å². The van der Waals surface area contributed by atoms with Gasteiger partial charge in [-0.25, -0.2) is 4.68 Å². The van der Waals surface area contributed by atoms with Gasteiger partial charge in [0.1, 0.15) is 5.75 Å². The fourth-order valence-corrected chi connectivity index (χ4v) is 2.57. The van der Waals surface area contributed by atoms with Gasteiger partial charge in [0.25, 0.3) is 0 Å². The molecule has 0 aliphatic heterocycles. The predicted octanol–water partition coefficient (Wildman–Crippen LogP) is 3.71. The summed E-state index contributed by atoms with van der Waals surface area (Å²) in [6, 6.07) is 13.4. The third-order valence-electron chi connectivity index (χ3n) is 2.96. The molecule has 3 rings (SSSR count). The van der Waals surface area contributed by atoms with Gasteiger partial charge in [0.05, 0.1) is 16.1 Å². The Kier molecular flexibility index (Phi) is 3.40. The fourth-order valence-electron chi connectivity index (χ4n) is 1.97. The van der Waals surface area contributed by atoms with E-state index in [4.69, 9.17) is 10.00 Å². The molecule has 0 saturated carbocycles. The number of aromatic nitrogens is 2. The second-order valence-electron chi connectivity index (χ2n) is 4.24. The Labute approximate surface area is 124 Å². The van der Waals surface area contributed by atoms with Crippen LogP contribution in [-0.2, 0) is 6.73 Å². The number of rotatable bonds is 3. The van der Waals surface area contributed by atoms with Crippen molar-refractivity contribution in [2.45, 2.75) is 6.73 Å². The number of hydrogen-bond acceptors (Lipinski definition) is 3. The summed E-state index contributed by atoms with van der Waals surface area (Å²) in [4.78, 5) is 0. The van der Waals surface area contributed by atoms with E-state index in [9.17, 15) is 0 Å². The first-order valence-corrected chi connectivity index (χ1v) is 6.80. The summed E-state index contributed by atoms with van der Waals surface area (Å²) in [6.07, 6.45) is 3.55. The van der Waals surface area contributed by atoms with Crippen LogP contribution in [0, 0.1) is 11.3 Å². The van der Waals surface area contributed by atoms with Crippen LogP contribution >= 0.6 is 15.9 Å². The lowest BCUT2D eigenvalue weighted by Gasteiger charge is -2.10. The zero-order chi connectivity index (χ0) is 13.9. The van der Waals surface area contributed by atoms with Crippen molar-refractivity contribution in [2.24, 2.45) is 0 Å². The van der Waals surface area contributed by atoms with Crippen LogP contribution in [0.3, 0.4) is 0 Å². The van der Waals surface area contributed by atoms with Gasteiger partial charge in [-0.2, -0.15) is 10.4 Å². The number of hydrogen-bond donors (Lipinski definition) is 0. The monoisotopic (exact) mass is 327 g/mol. The van der Waals surface area contributed by atoms with Gasteiger partial charge in [-0.1, -0.05) is 12.1 Å². The standard InChI is InChI=1S/C15H10BrN3O/c16-15-13-4-2-11(9-17)8-12(13)3-5-14(15)20-10-19-7-1-6-18-19/h1-8H,10H2. The third kappa shape index (κ3) is 2.38. The van der Waals surface area contributed by atoms with Crippen molar-refractivity contribution in [1.29, 1.82) is 5.26 Å². The molecule has 1 aromatic heterocycles. The molecular formula is C15H10BrN3O. The molecule has 1 heterocycles. The summed E-state index contributed by atoms with van der Waals surface area (Å²) in [5.74, 6) is 0.748. The Balaban J connectivity index is 1.93. The average molecular weight is 328 g/mol. The quantitative estimate of drug-likeness (QED) is 0.736. The predicted molar refractivity (Wildman–Crippen MR) is 79.2 cm³/mol. The Bertz CT molecular complexity index is 791. The maximum Gasteiger partial charge on any atom is 0.180 e. The highest BCUT2D eigenvalue weighted by Crippen LogP contribution is 2.33. The molecule has 0 fully saturated rings. The van der Waals surface area contributed by atoms with E-state index >= 15 is 0 Å². The first-order valence-electron chi connectivity index (χ1n) is 6.00. The smallest absolute Gasteiger partial charge is 0.180 e. The number of fused-ring (bicyclic) bond motifs is 1. The van der Waals surface area contributed by atoms with E-state index in [1.165, 1.54) is 0 Å². The summed E-state index contributed by atoms with van der Waals surface area (Å²) in [5.41, 5.74) is 0.648. The second kappa shape index (κ2) is 5.35. The molecule has 0 amide bonds. The van der Waals surface area contributed by atoms with E-state index in [0.717, 1.165) is 21.0 Å². The first-order chi connectivity index (χ1) is 9.78. The van der Waals surface area contributed by atoms with Crippen molar-refractivity contribution in [2.75, 3.05) is 0 Å². The Morgan fingerprint density at radius 2 is 2.20 bits per heavy atom. The van der Waals surface area contributed by atoms with E-state index in [2.05, 4.69) is 27.1 Å². The Morgan fingerprint density at radius 3 is 2.95 bits per heavy atom. The summed E-state index contributed by atoms with van der Waals surface area (Å²) < 4.78 is 8.32. The van der Waals surface area contributed by atoms with Crippen molar-refractivity contribution < 1.29 is 4.74 Å². The minimum atomic E-state index is 0.355. The largest absolute Gasteiger partial charge is 0.470 e. The molecule has 0 radical (unpaired) electrons. The van der Waals surface area contributed by atoms with E-state index in [0.29, 0.717) is 12.3 Å². The molecular weight excluding hydrogens is 318 g/mol. The van der Waals surface area contributed by atoms with Gasteiger partial charge in [0, 0.05) is 12.4 Å². The Hall–Kier alpha value is -2.32. The molecule has 0 spiro atoms. The minimum absolute atomic E-state index is 0.355. The molecule has 2 aromatic carbocycles. The van der Waals surface area contributed by atoms with Crippen LogP contribution < -0.4 is 4.74 Å². The van der Waals surface area contributed by atoms with E-state index in [1.54, 1.807) is 16.9 Å². The molecule has 0 unspecified atom stereocenters. The SMILES string of the molecule is N#Cc1ccc2c(Br)c(OCn3cccn3)ccc2c1. The maximum atomic E-state index is 8.91. The van der Waals surface area contributed by atoms with Crippen LogP contribution in [0.15, 0.2) is 53.3 Å². The molecule has 0 saturated heterocycles. The fraction of sp³-hybridized carbons (Fsp3) is 0.0667. The van der Waals surface area contributed by atoms with Crippen molar-refractivity contribution in [3.8, 4) is 11.8 Å². The lowest BCUT2D eigenvalue weighted by molar-refractivity contribution is 0.220. The zero-order valence-corrected chi connectivity index (χ0v) is 12.0. The molecule has 20 heavy (non-hydrogen) atoms. The highest BCUT2D eigenvalue weighted by molar-refractivity contribution is 9.10. The van der Waals surface area contributed by atoms with Gasteiger partial charge >= 0.3 is 0 Å². The van der Waals surface area contributed by atoms with Gasteiger partial charge < -0.3 is 4.74 Å². The van der Waals surface area contributed by atoms with Crippen LogP contribution in [0.25, 0.3) is 10.8 Å². The molecule has 4 nitrogen and oxygen atoms in total. The zero-order valence-electron chi connectivity index (χ0n) is 10.5. The number of ether oxygens (including phenoxy) is 1. The van der Waals surface area contributed by atoms with Crippen LogP contribution in [0.1, 0.15) is 5.56 Å². The summed E-state index contributed by atoms with van der Waals surface area (Å²) in [5, 5.41) is 15.0. The van der Waals surface area contributed by atoms with Crippen LogP contribution in [0.5, 0.6) is 5.75 Å². The lowest BCUT2D eigenvalue weighted by Crippen LogP contribution is -2.05. The molecule has 0 aliphatic carbocycles. The minimum Gasteiger partial charge on any atom is -0.470 e. The van der Waals surface area contributed by atoms with Gasteiger partial charge in [-0.3, -0.25) is 0 Å². The summed E-state index contributed by atoms with van der Waals surface area (Å²) in [7, 11) is 0. The van der Waals surface area contributed by atoms with E-state index in [1.807, 2.05) is 36.5 Å². The molecule has 98 valence electrons. The number of benzene rings is 2. The topological polar surface area (TPSA) is 50.8 Å². The van der Waals surface area contributed by atoms with Gasteiger partial charge in [-0.05, 0) is 51.0 Å². The molecule has 0 atom stereocenters. The highest BCUT2D eigenvalue weighted by Gasteiger charge is 2.07. The summed E-state index contributed by atoms with van der Waals surface area (Å²) in [6.45, 7) is 0.355. The molecule has 5 heteroatoms. The second-order valence-corrected chi connectivity index (χ2v) is 5.04. The van der Waals surface area contributed by atoms with Crippen molar-refractivity contribution in [3.63, 3.8) is 0 Å². The van der Waals surface area contributed by atoms with Crippen LogP contribution in [-0.4, -0.2) is 9.78 Å². The highest BCUT2D eigenvalue weighted by atomic mass is 79.9. The van der Waals surface area contributed by atoms with Gasteiger partial charge in [-0.15, -0.1) is 0 Å². The molecule has 0 aliphatic rings. The number of nitriles is 1. The van der Waals surface area contributed by atoms with Crippen molar-refractivity contribution in [1.82, 2.24) is 9.78 Å². The van der Waals surface area contributed by atoms with Gasteiger partial charge in [0.2, 0.25) is 0 Å². The lowest BCUT2D eigenvalue weighted by atomic mass is 10.1. The van der Waals surface area contributed by atoms with Crippen LogP contribution in [0.4, 0.5) is 0 Å². The normalized spacial score (nSPS) is 10.4. The van der Waals surface area contributed by atoms with Gasteiger partial charge in [0.15, 0.2) is 6.73 Å². The molecule has 0 N–H and O–H groups in total. The van der Waals surface area contributed by atoms with Crippen LogP contribution in [0.2, 0.25) is 0 Å². The van der Waals surface area contributed by atoms with E-state index < -0.39 is 0 Å². The summed E-state index contributed by atoms with van der Waals surface area (Å²) >= 11 is 3.56. The number of nitrogens with zero attached hydrogens (tertiary/aromatic N) is 3. The van der Waals surface area contributed by atoms with Crippen molar-refractivity contribution in [3.05, 3.63) is 58.8 Å². The first kappa shape index (κ1) is 12.7. The number of halogens is 1.